The molecule has 3 aromatic rings. The summed E-state index contributed by atoms with van der Waals surface area (Å²) in [5, 5.41) is 18.7. The molecule has 0 bridgehead atoms. The van der Waals surface area contributed by atoms with Crippen molar-refractivity contribution in [2.45, 2.75) is 31.7 Å². The van der Waals surface area contributed by atoms with Crippen molar-refractivity contribution in [3.63, 3.8) is 0 Å². The Bertz CT molecular complexity index is 947. The highest BCUT2D eigenvalue weighted by Crippen LogP contribution is 2.23. The van der Waals surface area contributed by atoms with E-state index in [1.807, 2.05) is 54.0 Å². The summed E-state index contributed by atoms with van der Waals surface area (Å²) in [5.41, 5.74) is 2.04. The van der Waals surface area contributed by atoms with Crippen LogP contribution in [0.2, 0.25) is 5.02 Å². The van der Waals surface area contributed by atoms with Gasteiger partial charge in [-0.3, -0.25) is 9.36 Å². The zero-order valence-corrected chi connectivity index (χ0v) is 16.9. The molecule has 0 radical (unpaired) electrons. The predicted octanol–water partition coefficient (Wildman–Crippen LogP) is 4.43. The maximum Gasteiger partial charge on any atom is 0.304 e. The van der Waals surface area contributed by atoms with E-state index in [0.29, 0.717) is 34.1 Å². The smallest absolute Gasteiger partial charge is 0.304 e. The number of hydrogen-bond donors (Lipinski definition) is 1. The van der Waals surface area contributed by atoms with Crippen LogP contribution in [0.15, 0.2) is 53.7 Å². The van der Waals surface area contributed by atoms with Crippen molar-refractivity contribution in [1.29, 1.82) is 0 Å². The van der Waals surface area contributed by atoms with Gasteiger partial charge in [-0.15, -0.1) is 10.2 Å². The first-order valence-electron chi connectivity index (χ1n) is 8.72. The van der Waals surface area contributed by atoms with Crippen LogP contribution in [0.4, 0.5) is 0 Å². The third-order valence-electron chi connectivity index (χ3n) is 4.02. The maximum absolute atomic E-state index is 10.8. The molecule has 1 heterocycles. The van der Waals surface area contributed by atoms with Crippen LogP contribution in [-0.2, 0) is 17.9 Å². The number of halogens is 1. The van der Waals surface area contributed by atoms with Gasteiger partial charge in [0.1, 0.15) is 12.4 Å². The van der Waals surface area contributed by atoms with Gasteiger partial charge in [-0.1, -0.05) is 53.7 Å². The van der Waals surface area contributed by atoms with E-state index in [-0.39, 0.29) is 13.0 Å². The number of aromatic nitrogens is 3. The van der Waals surface area contributed by atoms with Crippen molar-refractivity contribution in [1.82, 2.24) is 14.8 Å². The van der Waals surface area contributed by atoms with Gasteiger partial charge in [-0.25, -0.2) is 0 Å². The number of carboxylic acid groups (broad SMARTS) is 1. The Morgan fingerprint density at radius 3 is 2.71 bits per heavy atom. The number of nitrogens with zero attached hydrogens (tertiary/aromatic N) is 3. The van der Waals surface area contributed by atoms with Gasteiger partial charge in [-0.05, 0) is 36.2 Å². The summed E-state index contributed by atoms with van der Waals surface area (Å²) in [6.07, 6.45) is 0.0682. The fourth-order valence-corrected chi connectivity index (χ4v) is 3.54. The van der Waals surface area contributed by atoms with Gasteiger partial charge in [-0.2, -0.15) is 0 Å². The lowest BCUT2D eigenvalue weighted by Gasteiger charge is -2.11. The summed E-state index contributed by atoms with van der Waals surface area (Å²) in [4.78, 5) is 10.8. The zero-order valence-electron chi connectivity index (χ0n) is 15.3. The molecule has 3 rings (SSSR count). The normalized spacial score (nSPS) is 10.8. The van der Waals surface area contributed by atoms with E-state index in [0.717, 1.165) is 11.1 Å². The van der Waals surface area contributed by atoms with Gasteiger partial charge < -0.3 is 9.84 Å². The van der Waals surface area contributed by atoms with Gasteiger partial charge in [0, 0.05) is 10.8 Å². The summed E-state index contributed by atoms with van der Waals surface area (Å²) in [6.45, 7) is 2.76. The maximum atomic E-state index is 10.8. The second kappa shape index (κ2) is 9.61. The van der Waals surface area contributed by atoms with Gasteiger partial charge in [0.15, 0.2) is 11.0 Å². The molecule has 0 atom stereocenters. The Labute approximate surface area is 172 Å². The Kier molecular flexibility index (Phi) is 6.95. The lowest BCUT2D eigenvalue weighted by Crippen LogP contribution is -2.10. The Morgan fingerprint density at radius 2 is 2.00 bits per heavy atom. The number of carboxylic acids is 1. The van der Waals surface area contributed by atoms with E-state index in [9.17, 15) is 4.79 Å². The minimum atomic E-state index is -0.830. The van der Waals surface area contributed by atoms with Crippen molar-refractivity contribution in [3.05, 3.63) is 70.5 Å². The van der Waals surface area contributed by atoms with Crippen molar-refractivity contribution in [3.8, 4) is 5.75 Å². The molecule has 0 unspecified atom stereocenters. The van der Waals surface area contributed by atoms with Crippen molar-refractivity contribution in [2.75, 3.05) is 5.75 Å². The van der Waals surface area contributed by atoms with Crippen LogP contribution < -0.4 is 4.74 Å². The minimum absolute atomic E-state index is 0.0682. The second-order valence-corrected chi connectivity index (χ2v) is 7.63. The van der Waals surface area contributed by atoms with Crippen LogP contribution in [-0.4, -0.2) is 31.6 Å². The number of thioether (sulfide) groups is 1. The van der Waals surface area contributed by atoms with Gasteiger partial charge >= 0.3 is 5.97 Å². The summed E-state index contributed by atoms with van der Waals surface area (Å²) in [5.74, 6) is 0.980. The van der Waals surface area contributed by atoms with Crippen molar-refractivity contribution in [2.24, 2.45) is 0 Å². The number of rotatable bonds is 9. The van der Waals surface area contributed by atoms with Crippen LogP contribution in [0.5, 0.6) is 5.75 Å². The van der Waals surface area contributed by atoms with Crippen molar-refractivity contribution >= 4 is 29.3 Å². The number of carbonyl (C=O) groups is 1. The molecule has 28 heavy (non-hydrogen) atoms. The zero-order chi connectivity index (χ0) is 19.9. The molecule has 0 aliphatic heterocycles. The summed E-state index contributed by atoms with van der Waals surface area (Å²) < 4.78 is 7.84. The van der Waals surface area contributed by atoms with Gasteiger partial charge in [0.05, 0.1) is 13.0 Å². The number of benzene rings is 2. The number of aryl methyl sites for hydroxylation is 1. The molecule has 146 valence electrons. The summed E-state index contributed by atoms with van der Waals surface area (Å²) in [6, 6.07) is 15.5. The monoisotopic (exact) mass is 417 g/mol. The molecule has 8 heteroatoms. The van der Waals surface area contributed by atoms with E-state index >= 15 is 0 Å². The van der Waals surface area contributed by atoms with Crippen LogP contribution in [0.25, 0.3) is 0 Å². The highest BCUT2D eigenvalue weighted by atomic mass is 35.5. The standard InChI is InChI=1S/C20H20ClN3O3S/c1-14-11-16(7-8-17(14)21)27-13-18-22-23-20(28-10-9-19(25)26)24(18)12-15-5-3-2-4-6-15/h2-8,11H,9-10,12-13H2,1H3,(H,25,26). The molecule has 2 aromatic carbocycles. The highest BCUT2D eigenvalue weighted by molar-refractivity contribution is 7.99. The molecule has 6 nitrogen and oxygen atoms in total. The van der Waals surface area contributed by atoms with E-state index in [2.05, 4.69) is 10.2 Å². The fraction of sp³-hybridized carbons (Fsp3) is 0.250. The van der Waals surface area contributed by atoms with E-state index in [1.54, 1.807) is 6.07 Å². The third kappa shape index (κ3) is 5.50. The molecule has 0 saturated heterocycles. The largest absolute Gasteiger partial charge is 0.486 e. The Hall–Kier alpha value is -2.51. The lowest BCUT2D eigenvalue weighted by molar-refractivity contribution is -0.136. The molecule has 0 spiro atoms. The topological polar surface area (TPSA) is 77.2 Å². The minimum Gasteiger partial charge on any atom is -0.486 e. The highest BCUT2D eigenvalue weighted by Gasteiger charge is 2.14. The van der Waals surface area contributed by atoms with Crippen LogP contribution >= 0.6 is 23.4 Å². The quantitative estimate of drug-likeness (QED) is 0.519. The number of hydrogen-bond acceptors (Lipinski definition) is 5. The molecular formula is C20H20ClN3O3S. The molecule has 1 aromatic heterocycles. The first kappa shape index (κ1) is 20.2. The molecule has 1 N–H and O–H groups in total. The molecular weight excluding hydrogens is 398 g/mol. The van der Waals surface area contributed by atoms with Gasteiger partial charge in [0.25, 0.3) is 0 Å². The molecule has 0 aliphatic carbocycles. The third-order valence-corrected chi connectivity index (χ3v) is 5.41. The average Bonchev–Trinajstić information content (AvgIpc) is 3.05. The molecule has 0 amide bonds. The Morgan fingerprint density at radius 1 is 1.21 bits per heavy atom. The summed E-state index contributed by atoms with van der Waals surface area (Å²) >= 11 is 7.44. The molecule has 0 fully saturated rings. The van der Waals surface area contributed by atoms with Crippen molar-refractivity contribution < 1.29 is 14.6 Å². The SMILES string of the molecule is Cc1cc(OCc2nnc(SCCC(=O)O)n2Cc2ccccc2)ccc1Cl. The average molecular weight is 418 g/mol. The molecule has 0 aliphatic rings. The first-order chi connectivity index (χ1) is 13.5. The van der Waals surface area contributed by atoms with E-state index in [4.69, 9.17) is 21.4 Å². The predicted molar refractivity (Wildman–Crippen MR) is 109 cm³/mol. The fourth-order valence-electron chi connectivity index (χ4n) is 2.54. The Balaban J connectivity index is 1.77. The van der Waals surface area contributed by atoms with Gasteiger partial charge in [0.2, 0.25) is 0 Å². The molecule has 0 saturated carbocycles. The number of aliphatic carboxylic acids is 1. The first-order valence-corrected chi connectivity index (χ1v) is 10.1. The summed E-state index contributed by atoms with van der Waals surface area (Å²) in [7, 11) is 0. The number of ether oxygens (including phenoxy) is 1. The van der Waals surface area contributed by atoms with Crippen LogP contribution in [0.1, 0.15) is 23.4 Å². The second-order valence-electron chi connectivity index (χ2n) is 6.16. The van der Waals surface area contributed by atoms with E-state index in [1.165, 1.54) is 11.8 Å². The van der Waals surface area contributed by atoms with Crippen LogP contribution in [0, 0.1) is 6.92 Å². The lowest BCUT2D eigenvalue weighted by atomic mass is 10.2. The van der Waals surface area contributed by atoms with Crippen LogP contribution in [0.3, 0.4) is 0 Å². The van der Waals surface area contributed by atoms with E-state index < -0.39 is 5.97 Å².